The van der Waals surface area contributed by atoms with Crippen LogP contribution >= 0.6 is 23.4 Å². The maximum atomic E-state index is 10.3. The molecule has 0 bridgehead atoms. The number of rotatable bonds is 10. The lowest BCUT2D eigenvalue weighted by Gasteiger charge is -2.16. The maximum absolute atomic E-state index is 10.3. The van der Waals surface area contributed by atoms with Gasteiger partial charge in [-0.15, -0.1) is 0 Å². The molecular formula is C19H28ClN3O4S. The summed E-state index contributed by atoms with van der Waals surface area (Å²) in [6.07, 6.45) is 2.52. The van der Waals surface area contributed by atoms with Gasteiger partial charge in [0.05, 0.1) is 31.1 Å². The third kappa shape index (κ3) is 6.17. The van der Waals surface area contributed by atoms with Crippen LogP contribution in [0.3, 0.4) is 0 Å². The summed E-state index contributed by atoms with van der Waals surface area (Å²) >= 11 is 7.87. The Morgan fingerprint density at radius 1 is 1.39 bits per heavy atom. The molecule has 9 heteroatoms. The Labute approximate surface area is 174 Å². The van der Waals surface area contributed by atoms with E-state index in [1.807, 2.05) is 6.92 Å². The maximum Gasteiger partial charge on any atom is 0.189 e. The third-order valence-corrected chi connectivity index (χ3v) is 5.57. The van der Waals surface area contributed by atoms with Gasteiger partial charge in [-0.05, 0) is 25.8 Å². The van der Waals surface area contributed by atoms with Crippen LogP contribution in [0.25, 0.3) is 6.08 Å². The van der Waals surface area contributed by atoms with Crippen molar-refractivity contribution in [2.45, 2.75) is 50.2 Å². The van der Waals surface area contributed by atoms with Crippen molar-refractivity contribution >= 4 is 35.1 Å². The van der Waals surface area contributed by atoms with Crippen LogP contribution < -0.4 is 5.32 Å². The summed E-state index contributed by atoms with van der Waals surface area (Å²) in [5, 5.41) is 33.3. The Balaban J connectivity index is 2.24. The SMILES string of the molecule is C=C(C)Nc1c(Cl)nc(SCCC)nc1/C=C\C1CC(OCCO)[C@@H](O)[C@H]1O. The summed E-state index contributed by atoms with van der Waals surface area (Å²) in [6.45, 7) is 7.72. The molecule has 156 valence electrons. The van der Waals surface area contributed by atoms with E-state index < -0.39 is 18.3 Å². The largest absolute Gasteiger partial charge is 0.394 e. The highest BCUT2D eigenvalue weighted by Gasteiger charge is 2.40. The van der Waals surface area contributed by atoms with Gasteiger partial charge in [-0.1, -0.05) is 42.9 Å². The minimum atomic E-state index is -1.00. The van der Waals surface area contributed by atoms with Crippen LogP contribution in [0, 0.1) is 5.92 Å². The number of thioether (sulfide) groups is 1. The van der Waals surface area contributed by atoms with Gasteiger partial charge >= 0.3 is 0 Å². The lowest BCUT2D eigenvalue weighted by molar-refractivity contribution is -0.0622. The Morgan fingerprint density at radius 3 is 2.79 bits per heavy atom. The van der Waals surface area contributed by atoms with E-state index in [0.29, 0.717) is 33.8 Å². The van der Waals surface area contributed by atoms with Gasteiger partial charge in [0.15, 0.2) is 10.3 Å². The summed E-state index contributed by atoms with van der Waals surface area (Å²) in [6, 6.07) is 0. The second kappa shape index (κ2) is 11.1. The normalized spacial score (nSPS) is 24.8. The number of hydrogen-bond donors (Lipinski definition) is 4. The fourth-order valence-corrected chi connectivity index (χ4v) is 3.91. The van der Waals surface area contributed by atoms with E-state index in [-0.39, 0.29) is 19.1 Å². The van der Waals surface area contributed by atoms with Crippen molar-refractivity contribution in [3.8, 4) is 0 Å². The van der Waals surface area contributed by atoms with E-state index in [0.717, 1.165) is 12.2 Å². The predicted molar refractivity (Wildman–Crippen MR) is 112 cm³/mol. The van der Waals surface area contributed by atoms with Gasteiger partial charge in [0.2, 0.25) is 0 Å². The molecule has 1 aliphatic carbocycles. The molecule has 4 atom stereocenters. The van der Waals surface area contributed by atoms with E-state index in [9.17, 15) is 10.2 Å². The average Bonchev–Trinajstić information content (AvgIpc) is 2.92. The summed E-state index contributed by atoms with van der Waals surface area (Å²) in [5.41, 5.74) is 1.83. The standard InChI is InChI=1S/C19H28ClN3O4S/c1-4-9-28-19-22-13(15(18(20)23-19)21-11(2)3)6-5-12-10-14(27-8-7-24)17(26)16(12)25/h5-6,12,14,16-17,21,24-26H,2,4,7-10H2,1,3H3/b6-5-/t12?,14?,16-,17+/m0/s1. The van der Waals surface area contributed by atoms with E-state index in [4.69, 9.17) is 21.4 Å². The average molecular weight is 430 g/mol. The van der Waals surface area contributed by atoms with Crippen LogP contribution in [0.1, 0.15) is 32.4 Å². The van der Waals surface area contributed by atoms with Crippen LogP contribution in [0.2, 0.25) is 5.15 Å². The molecule has 7 nitrogen and oxygen atoms in total. The number of aromatic nitrogens is 2. The summed E-state index contributed by atoms with van der Waals surface area (Å²) in [4.78, 5) is 8.89. The van der Waals surface area contributed by atoms with Gasteiger partial charge < -0.3 is 25.4 Å². The highest BCUT2D eigenvalue weighted by atomic mass is 35.5. The monoisotopic (exact) mass is 429 g/mol. The first-order chi connectivity index (χ1) is 13.4. The zero-order valence-corrected chi connectivity index (χ0v) is 17.7. The molecule has 28 heavy (non-hydrogen) atoms. The van der Waals surface area contributed by atoms with Crippen LogP contribution in [0.15, 0.2) is 23.5 Å². The molecule has 1 fully saturated rings. The zero-order valence-electron chi connectivity index (χ0n) is 16.1. The van der Waals surface area contributed by atoms with Gasteiger partial charge in [0.25, 0.3) is 0 Å². The Bertz CT molecular complexity index is 704. The summed E-state index contributed by atoms with van der Waals surface area (Å²) in [5.74, 6) is 0.571. The number of nitrogens with one attached hydrogen (secondary N) is 1. The first kappa shape index (κ1) is 23.1. The van der Waals surface area contributed by atoms with Gasteiger partial charge in [0.1, 0.15) is 11.8 Å². The second-order valence-corrected chi connectivity index (χ2v) is 8.10. The Hall–Kier alpha value is -1.16. The lowest BCUT2D eigenvalue weighted by Crippen LogP contribution is -2.32. The van der Waals surface area contributed by atoms with Crippen molar-refractivity contribution < 1.29 is 20.1 Å². The Morgan fingerprint density at radius 2 is 2.14 bits per heavy atom. The van der Waals surface area contributed by atoms with Crippen molar-refractivity contribution in [1.82, 2.24) is 9.97 Å². The molecule has 1 saturated carbocycles. The summed E-state index contributed by atoms with van der Waals surface area (Å²) < 4.78 is 5.41. The first-order valence-corrected chi connectivity index (χ1v) is 10.6. The third-order valence-electron chi connectivity index (χ3n) is 4.24. The minimum absolute atomic E-state index is 0.122. The quantitative estimate of drug-likeness (QED) is 0.255. The minimum Gasteiger partial charge on any atom is -0.394 e. The zero-order chi connectivity index (χ0) is 20.7. The molecule has 1 aromatic heterocycles. The van der Waals surface area contributed by atoms with E-state index in [2.05, 4.69) is 28.8 Å². The fraction of sp³-hybridized carbons (Fsp3) is 0.579. The molecule has 0 radical (unpaired) electrons. The van der Waals surface area contributed by atoms with Crippen LogP contribution in [0.5, 0.6) is 0 Å². The Kier molecular flexibility index (Phi) is 9.20. The molecule has 2 unspecified atom stereocenters. The number of aliphatic hydroxyl groups excluding tert-OH is 3. The van der Waals surface area contributed by atoms with E-state index in [1.165, 1.54) is 11.8 Å². The highest BCUT2D eigenvalue weighted by molar-refractivity contribution is 7.99. The van der Waals surface area contributed by atoms with Crippen molar-refractivity contribution in [2.24, 2.45) is 5.92 Å². The molecule has 2 rings (SSSR count). The molecular weight excluding hydrogens is 402 g/mol. The van der Waals surface area contributed by atoms with Gasteiger partial charge in [0, 0.05) is 17.4 Å². The molecule has 1 heterocycles. The first-order valence-electron chi connectivity index (χ1n) is 9.27. The smallest absolute Gasteiger partial charge is 0.189 e. The number of nitrogens with zero attached hydrogens (tertiary/aromatic N) is 2. The number of hydrogen-bond acceptors (Lipinski definition) is 8. The van der Waals surface area contributed by atoms with Gasteiger partial charge in [-0.3, -0.25) is 0 Å². The number of anilines is 1. The van der Waals surface area contributed by atoms with Crippen molar-refractivity contribution in [2.75, 3.05) is 24.3 Å². The molecule has 0 aromatic carbocycles. The molecule has 1 aliphatic rings. The molecule has 0 aliphatic heterocycles. The van der Waals surface area contributed by atoms with Crippen LogP contribution in [-0.4, -0.2) is 62.6 Å². The summed E-state index contributed by atoms with van der Waals surface area (Å²) in [7, 11) is 0. The predicted octanol–water partition coefficient (Wildman–Crippen LogP) is 2.71. The second-order valence-electron chi connectivity index (χ2n) is 6.68. The van der Waals surface area contributed by atoms with Crippen molar-refractivity contribution in [1.29, 1.82) is 0 Å². The van der Waals surface area contributed by atoms with Crippen LogP contribution in [0.4, 0.5) is 5.69 Å². The number of allylic oxidation sites excluding steroid dienone is 1. The topological polar surface area (TPSA) is 108 Å². The molecule has 0 saturated heterocycles. The van der Waals surface area contributed by atoms with Gasteiger partial charge in [-0.2, -0.15) is 0 Å². The van der Waals surface area contributed by atoms with Crippen molar-refractivity contribution in [3.63, 3.8) is 0 Å². The number of halogens is 1. The molecule has 0 spiro atoms. The fourth-order valence-electron chi connectivity index (χ4n) is 2.94. The van der Waals surface area contributed by atoms with Gasteiger partial charge in [-0.25, -0.2) is 9.97 Å². The van der Waals surface area contributed by atoms with Crippen LogP contribution in [-0.2, 0) is 4.74 Å². The van der Waals surface area contributed by atoms with E-state index >= 15 is 0 Å². The number of aliphatic hydroxyl groups is 3. The lowest BCUT2D eigenvalue weighted by atomic mass is 10.0. The number of ether oxygens (including phenoxy) is 1. The molecule has 4 N–H and O–H groups in total. The molecule has 0 amide bonds. The van der Waals surface area contributed by atoms with E-state index in [1.54, 1.807) is 12.2 Å². The molecule has 1 aromatic rings. The van der Waals surface area contributed by atoms with Crippen molar-refractivity contribution in [3.05, 3.63) is 29.2 Å². The highest BCUT2D eigenvalue weighted by Crippen LogP contribution is 2.33.